The fraction of sp³-hybridized carbons (Fsp3) is 0.700. The van der Waals surface area contributed by atoms with E-state index >= 15 is 0 Å². The molecular weight excluding hydrogens is 346 g/mol. The maximum absolute atomic E-state index is 13.0. The zero-order valence-electron chi connectivity index (χ0n) is 16.8. The molecule has 0 unspecified atom stereocenters. The molecule has 1 atom stereocenters. The third kappa shape index (κ3) is 6.90. The zero-order valence-corrected chi connectivity index (χ0v) is 16.8. The molecule has 1 aliphatic heterocycles. The van der Waals surface area contributed by atoms with Crippen LogP contribution in [0.5, 0.6) is 0 Å². The molecule has 27 heavy (non-hydrogen) atoms. The van der Waals surface area contributed by atoms with Gasteiger partial charge in [-0.15, -0.1) is 0 Å². The van der Waals surface area contributed by atoms with Crippen LogP contribution in [0, 0.1) is 0 Å². The Morgan fingerprint density at radius 3 is 2.78 bits per heavy atom. The summed E-state index contributed by atoms with van der Waals surface area (Å²) in [6, 6.07) is 3.41. The number of amides is 3. The monoisotopic (exact) mass is 379 g/mol. The van der Waals surface area contributed by atoms with Crippen molar-refractivity contribution in [2.24, 2.45) is 0 Å². The molecule has 2 heterocycles. The van der Waals surface area contributed by atoms with E-state index in [1.165, 1.54) is 0 Å². The molecule has 0 bridgehead atoms. The van der Waals surface area contributed by atoms with Crippen molar-refractivity contribution >= 4 is 11.9 Å². The van der Waals surface area contributed by atoms with Crippen molar-refractivity contribution in [1.82, 2.24) is 15.1 Å². The van der Waals surface area contributed by atoms with E-state index in [4.69, 9.17) is 9.15 Å². The van der Waals surface area contributed by atoms with Gasteiger partial charge in [-0.2, -0.15) is 0 Å². The summed E-state index contributed by atoms with van der Waals surface area (Å²) in [5.41, 5.74) is 0. The van der Waals surface area contributed by atoms with Crippen molar-refractivity contribution < 1.29 is 18.7 Å². The normalized spacial score (nSPS) is 16.5. The average molecular weight is 380 g/mol. The highest BCUT2D eigenvalue weighted by Crippen LogP contribution is 2.16. The summed E-state index contributed by atoms with van der Waals surface area (Å²) in [5, 5.41) is 2.90. The summed E-state index contributed by atoms with van der Waals surface area (Å²) in [4.78, 5) is 28.8. The molecule has 7 heteroatoms. The van der Waals surface area contributed by atoms with Gasteiger partial charge in [-0.25, -0.2) is 4.79 Å². The highest BCUT2D eigenvalue weighted by Gasteiger charge is 2.27. The predicted octanol–water partition coefficient (Wildman–Crippen LogP) is 3.01. The second-order valence-electron chi connectivity index (χ2n) is 7.30. The van der Waals surface area contributed by atoms with E-state index in [1.807, 2.05) is 26.0 Å². The highest BCUT2D eigenvalue weighted by atomic mass is 16.5. The van der Waals surface area contributed by atoms with Gasteiger partial charge in [0.1, 0.15) is 12.3 Å². The smallest absolute Gasteiger partial charge is 0.318 e. The summed E-state index contributed by atoms with van der Waals surface area (Å²) in [6.07, 6.45) is 5.56. The molecule has 7 nitrogen and oxygen atoms in total. The van der Waals surface area contributed by atoms with Crippen LogP contribution in [0.1, 0.15) is 52.2 Å². The Kier molecular flexibility index (Phi) is 8.64. The van der Waals surface area contributed by atoms with Crippen LogP contribution in [0.25, 0.3) is 0 Å². The Morgan fingerprint density at radius 1 is 1.37 bits per heavy atom. The van der Waals surface area contributed by atoms with Crippen LogP contribution < -0.4 is 5.32 Å². The molecule has 1 saturated heterocycles. The van der Waals surface area contributed by atoms with E-state index in [9.17, 15) is 9.59 Å². The van der Waals surface area contributed by atoms with Crippen LogP contribution in [0.2, 0.25) is 0 Å². The van der Waals surface area contributed by atoms with Crippen LogP contribution in [0.3, 0.4) is 0 Å². The molecule has 1 aromatic rings. The van der Waals surface area contributed by atoms with Gasteiger partial charge >= 0.3 is 6.03 Å². The largest absolute Gasteiger partial charge is 0.467 e. The van der Waals surface area contributed by atoms with Gasteiger partial charge in [0, 0.05) is 25.7 Å². The third-order valence-corrected chi connectivity index (χ3v) is 4.72. The van der Waals surface area contributed by atoms with E-state index in [1.54, 1.807) is 16.1 Å². The zero-order chi connectivity index (χ0) is 19.6. The Morgan fingerprint density at radius 2 is 2.19 bits per heavy atom. The first-order chi connectivity index (χ1) is 13.0. The summed E-state index contributed by atoms with van der Waals surface area (Å²) >= 11 is 0. The van der Waals surface area contributed by atoms with Crippen LogP contribution >= 0.6 is 0 Å². The lowest BCUT2D eigenvalue weighted by molar-refractivity contribution is -0.134. The Bertz CT molecular complexity index is 568. The van der Waals surface area contributed by atoms with E-state index in [-0.39, 0.29) is 30.6 Å². The molecule has 3 amide bonds. The second-order valence-corrected chi connectivity index (χ2v) is 7.30. The number of hydrogen-bond acceptors (Lipinski definition) is 4. The number of carbonyl (C=O) groups is 2. The average Bonchev–Trinajstić information content (AvgIpc) is 3.32. The van der Waals surface area contributed by atoms with Crippen molar-refractivity contribution in [3.8, 4) is 0 Å². The lowest BCUT2D eigenvalue weighted by Gasteiger charge is -2.30. The van der Waals surface area contributed by atoms with Crippen molar-refractivity contribution in [3.63, 3.8) is 0 Å². The van der Waals surface area contributed by atoms with Crippen molar-refractivity contribution in [2.75, 3.05) is 26.2 Å². The van der Waals surface area contributed by atoms with Crippen LogP contribution in [-0.4, -0.2) is 60.1 Å². The predicted molar refractivity (Wildman–Crippen MR) is 103 cm³/mol. The number of furan rings is 1. The van der Waals surface area contributed by atoms with Crippen LogP contribution in [0.15, 0.2) is 22.8 Å². The van der Waals surface area contributed by atoms with Gasteiger partial charge in [0.15, 0.2) is 0 Å². The molecule has 0 aliphatic carbocycles. The topological polar surface area (TPSA) is 75.0 Å². The fourth-order valence-corrected chi connectivity index (χ4v) is 3.09. The highest BCUT2D eigenvalue weighted by molar-refractivity contribution is 5.84. The number of carbonyl (C=O) groups excluding carboxylic acids is 2. The van der Waals surface area contributed by atoms with Gasteiger partial charge in [0.05, 0.1) is 18.9 Å². The maximum atomic E-state index is 13.0. The minimum atomic E-state index is -0.193. The Hall–Kier alpha value is -2.02. The van der Waals surface area contributed by atoms with Crippen LogP contribution in [-0.2, 0) is 16.1 Å². The lowest BCUT2D eigenvalue weighted by Crippen LogP contribution is -2.50. The van der Waals surface area contributed by atoms with Gasteiger partial charge in [0.2, 0.25) is 5.91 Å². The van der Waals surface area contributed by atoms with Crippen LogP contribution in [0.4, 0.5) is 4.79 Å². The number of hydrogen-bond donors (Lipinski definition) is 1. The summed E-state index contributed by atoms with van der Waals surface area (Å²) in [7, 11) is 0. The van der Waals surface area contributed by atoms with Crippen molar-refractivity contribution in [2.45, 2.75) is 65.1 Å². The fourth-order valence-electron chi connectivity index (χ4n) is 3.09. The van der Waals surface area contributed by atoms with E-state index in [0.29, 0.717) is 19.6 Å². The summed E-state index contributed by atoms with van der Waals surface area (Å²) in [6.45, 7) is 8.23. The molecule has 0 saturated carbocycles. The number of nitrogens with one attached hydrogen (secondary N) is 1. The lowest BCUT2D eigenvalue weighted by atomic mass is 10.2. The van der Waals surface area contributed by atoms with Gasteiger partial charge < -0.3 is 24.3 Å². The third-order valence-electron chi connectivity index (χ3n) is 4.72. The first-order valence-corrected chi connectivity index (χ1v) is 9.97. The molecular formula is C20H33N3O4. The molecule has 1 fully saturated rings. The molecule has 2 rings (SSSR count). The van der Waals surface area contributed by atoms with Gasteiger partial charge in [-0.05, 0) is 45.2 Å². The van der Waals surface area contributed by atoms with Gasteiger partial charge in [0.25, 0.3) is 0 Å². The number of ether oxygens (including phenoxy) is 1. The standard InChI is InChI=1S/C20H33N3O4/c1-4-5-10-21-20(25)23(16(2)3)15-19(24)22(13-17-8-6-11-26-17)14-18-9-7-12-27-18/h6,8,11,16,18H,4-5,7,9-10,12-15H2,1-3H3,(H,21,25)/t18-/m0/s1. The van der Waals surface area contributed by atoms with Crippen molar-refractivity contribution in [3.05, 3.63) is 24.2 Å². The number of rotatable bonds is 10. The molecule has 0 spiro atoms. The minimum absolute atomic E-state index is 0.0447. The Labute approximate surface area is 162 Å². The van der Waals surface area contributed by atoms with E-state index in [0.717, 1.165) is 38.1 Å². The Balaban J connectivity index is 2.00. The van der Waals surface area contributed by atoms with E-state index in [2.05, 4.69) is 12.2 Å². The summed E-state index contributed by atoms with van der Waals surface area (Å²) in [5.74, 6) is 0.631. The number of nitrogens with zero attached hydrogens (tertiary/aromatic N) is 2. The number of unbranched alkanes of at least 4 members (excludes halogenated alkanes) is 1. The SMILES string of the molecule is CCCCNC(=O)N(CC(=O)N(Cc1ccco1)C[C@@H]1CCCO1)C(C)C. The summed E-state index contributed by atoms with van der Waals surface area (Å²) < 4.78 is 11.1. The van der Waals surface area contributed by atoms with Gasteiger partial charge in [-0.1, -0.05) is 13.3 Å². The quantitative estimate of drug-likeness (QED) is 0.634. The first-order valence-electron chi connectivity index (χ1n) is 9.97. The molecule has 152 valence electrons. The van der Waals surface area contributed by atoms with E-state index < -0.39 is 0 Å². The van der Waals surface area contributed by atoms with Crippen molar-refractivity contribution in [1.29, 1.82) is 0 Å². The maximum Gasteiger partial charge on any atom is 0.318 e. The minimum Gasteiger partial charge on any atom is -0.467 e. The molecule has 1 N–H and O–H groups in total. The molecule has 1 aromatic heterocycles. The van der Waals surface area contributed by atoms with Gasteiger partial charge in [-0.3, -0.25) is 4.79 Å². The molecule has 0 radical (unpaired) electrons. The number of urea groups is 1. The molecule has 0 aromatic carbocycles. The molecule has 1 aliphatic rings. The first kappa shape index (κ1) is 21.3. The second kappa shape index (κ2) is 11.0.